The van der Waals surface area contributed by atoms with Crippen molar-refractivity contribution in [2.75, 3.05) is 0 Å². The number of hydrogen-bond acceptors (Lipinski definition) is 1. The molecule has 4 heteroatoms. The Balaban J connectivity index is 2.95. The SMILES string of the molecule is O=Cc1c[nH]c2c(F)ccc(Cl)c12. The minimum Gasteiger partial charge on any atom is -0.358 e. The summed E-state index contributed by atoms with van der Waals surface area (Å²) in [5.41, 5.74) is 0.647. The lowest BCUT2D eigenvalue weighted by Gasteiger charge is -1.95. The molecule has 66 valence electrons. The van der Waals surface area contributed by atoms with E-state index in [4.69, 9.17) is 11.6 Å². The number of hydrogen-bond donors (Lipinski definition) is 1. The molecule has 2 aromatic rings. The summed E-state index contributed by atoms with van der Waals surface area (Å²) in [6.45, 7) is 0. The summed E-state index contributed by atoms with van der Waals surface area (Å²) in [5.74, 6) is -0.410. The minimum atomic E-state index is -0.410. The van der Waals surface area contributed by atoms with E-state index in [9.17, 15) is 9.18 Å². The van der Waals surface area contributed by atoms with Gasteiger partial charge in [0.05, 0.1) is 10.5 Å². The number of fused-ring (bicyclic) bond motifs is 1. The van der Waals surface area contributed by atoms with Crippen LogP contribution in [-0.4, -0.2) is 11.3 Å². The number of carbonyl (C=O) groups excluding carboxylic acids is 1. The Bertz CT molecular complexity index is 478. The average molecular weight is 198 g/mol. The van der Waals surface area contributed by atoms with Crippen molar-refractivity contribution >= 4 is 28.8 Å². The van der Waals surface area contributed by atoms with Crippen LogP contribution in [-0.2, 0) is 0 Å². The van der Waals surface area contributed by atoms with E-state index >= 15 is 0 Å². The minimum absolute atomic E-state index is 0.273. The highest BCUT2D eigenvalue weighted by molar-refractivity contribution is 6.36. The molecule has 1 heterocycles. The lowest BCUT2D eigenvalue weighted by molar-refractivity contribution is 0.112. The monoisotopic (exact) mass is 197 g/mol. The maximum Gasteiger partial charge on any atom is 0.152 e. The highest BCUT2D eigenvalue weighted by Crippen LogP contribution is 2.27. The van der Waals surface area contributed by atoms with Crippen LogP contribution >= 0.6 is 11.6 Å². The highest BCUT2D eigenvalue weighted by atomic mass is 35.5. The molecular weight excluding hydrogens is 193 g/mol. The van der Waals surface area contributed by atoms with Gasteiger partial charge in [-0.3, -0.25) is 4.79 Å². The number of halogens is 2. The van der Waals surface area contributed by atoms with Gasteiger partial charge in [-0.1, -0.05) is 11.6 Å². The van der Waals surface area contributed by atoms with E-state index in [0.717, 1.165) is 0 Å². The molecule has 2 nitrogen and oxygen atoms in total. The second-order valence-electron chi connectivity index (χ2n) is 2.64. The summed E-state index contributed by atoms with van der Waals surface area (Å²) in [6.07, 6.45) is 2.08. The number of carbonyl (C=O) groups is 1. The Morgan fingerprint density at radius 1 is 1.46 bits per heavy atom. The van der Waals surface area contributed by atoms with Crippen molar-refractivity contribution in [1.82, 2.24) is 4.98 Å². The number of benzene rings is 1. The molecular formula is C9H5ClFNO. The Morgan fingerprint density at radius 3 is 2.92 bits per heavy atom. The largest absolute Gasteiger partial charge is 0.358 e. The van der Waals surface area contributed by atoms with Crippen molar-refractivity contribution in [1.29, 1.82) is 0 Å². The maximum absolute atomic E-state index is 13.1. The number of H-pyrrole nitrogens is 1. The normalized spacial score (nSPS) is 10.6. The van der Waals surface area contributed by atoms with Crippen molar-refractivity contribution in [2.45, 2.75) is 0 Å². The molecule has 0 radical (unpaired) electrons. The van der Waals surface area contributed by atoms with Gasteiger partial charge in [0.2, 0.25) is 0 Å². The third-order valence-electron chi connectivity index (χ3n) is 1.89. The summed E-state index contributed by atoms with van der Waals surface area (Å²) in [4.78, 5) is 13.2. The zero-order chi connectivity index (χ0) is 9.42. The number of rotatable bonds is 1. The molecule has 0 bridgehead atoms. The van der Waals surface area contributed by atoms with Crippen LogP contribution in [0.5, 0.6) is 0 Å². The smallest absolute Gasteiger partial charge is 0.152 e. The van der Waals surface area contributed by atoms with Gasteiger partial charge in [0, 0.05) is 17.1 Å². The van der Waals surface area contributed by atoms with Crippen LogP contribution < -0.4 is 0 Å². The predicted octanol–water partition coefficient (Wildman–Crippen LogP) is 2.77. The molecule has 0 aliphatic heterocycles. The van der Waals surface area contributed by atoms with Gasteiger partial charge in [0.25, 0.3) is 0 Å². The lowest BCUT2D eigenvalue weighted by Crippen LogP contribution is -1.80. The fourth-order valence-electron chi connectivity index (χ4n) is 1.29. The summed E-state index contributed by atoms with van der Waals surface area (Å²) >= 11 is 5.81. The quantitative estimate of drug-likeness (QED) is 0.701. The van der Waals surface area contributed by atoms with E-state index in [1.54, 1.807) is 0 Å². The van der Waals surface area contributed by atoms with Crippen LogP contribution in [0.25, 0.3) is 10.9 Å². The first-order valence-corrected chi connectivity index (χ1v) is 4.02. The zero-order valence-electron chi connectivity index (χ0n) is 6.47. The third kappa shape index (κ3) is 1.12. The number of aromatic amines is 1. The summed E-state index contributed by atoms with van der Waals surface area (Å²) in [7, 11) is 0. The molecule has 0 aliphatic rings. The number of aldehydes is 1. The molecule has 1 aromatic carbocycles. The average Bonchev–Trinajstić information content (AvgIpc) is 2.56. The van der Waals surface area contributed by atoms with Crippen molar-refractivity contribution in [3.8, 4) is 0 Å². The van der Waals surface area contributed by atoms with Crippen LogP contribution in [0.4, 0.5) is 4.39 Å². The molecule has 0 amide bonds. The fourth-order valence-corrected chi connectivity index (χ4v) is 1.56. The molecule has 2 rings (SSSR count). The van der Waals surface area contributed by atoms with Crippen molar-refractivity contribution in [3.63, 3.8) is 0 Å². The van der Waals surface area contributed by atoms with E-state index in [1.165, 1.54) is 18.3 Å². The van der Waals surface area contributed by atoms with Crippen LogP contribution in [0.15, 0.2) is 18.3 Å². The second kappa shape index (κ2) is 2.85. The molecule has 0 unspecified atom stereocenters. The molecule has 1 aromatic heterocycles. The Labute approximate surface area is 78.3 Å². The van der Waals surface area contributed by atoms with Crippen LogP contribution in [0.3, 0.4) is 0 Å². The molecule has 0 fully saturated rings. The third-order valence-corrected chi connectivity index (χ3v) is 2.21. The summed E-state index contributed by atoms with van der Waals surface area (Å²) in [6, 6.07) is 2.69. The van der Waals surface area contributed by atoms with Crippen LogP contribution in [0.2, 0.25) is 5.02 Å². The first-order chi connectivity index (χ1) is 6.24. The van der Waals surface area contributed by atoms with E-state index in [1.807, 2.05) is 0 Å². The molecule has 0 atom stereocenters. The number of aromatic nitrogens is 1. The van der Waals surface area contributed by atoms with E-state index < -0.39 is 5.82 Å². The summed E-state index contributed by atoms with van der Waals surface area (Å²) in [5, 5.41) is 0.816. The molecule has 0 saturated carbocycles. The molecule has 0 aliphatic carbocycles. The van der Waals surface area contributed by atoms with Crippen LogP contribution in [0, 0.1) is 5.82 Å². The first kappa shape index (κ1) is 8.26. The topological polar surface area (TPSA) is 32.9 Å². The molecule has 13 heavy (non-hydrogen) atoms. The molecule has 1 N–H and O–H groups in total. The van der Waals surface area contributed by atoms with Gasteiger partial charge < -0.3 is 4.98 Å². The molecule has 0 saturated heterocycles. The number of nitrogens with one attached hydrogen (secondary N) is 1. The van der Waals surface area contributed by atoms with Gasteiger partial charge in [-0.05, 0) is 12.1 Å². The highest BCUT2D eigenvalue weighted by Gasteiger charge is 2.10. The van der Waals surface area contributed by atoms with Crippen molar-refractivity contribution in [2.24, 2.45) is 0 Å². The van der Waals surface area contributed by atoms with E-state index in [0.29, 0.717) is 22.3 Å². The van der Waals surface area contributed by atoms with E-state index in [2.05, 4.69) is 4.98 Å². The van der Waals surface area contributed by atoms with Gasteiger partial charge in [0.15, 0.2) is 6.29 Å². The maximum atomic E-state index is 13.1. The lowest BCUT2D eigenvalue weighted by atomic mass is 10.2. The van der Waals surface area contributed by atoms with Gasteiger partial charge in [0.1, 0.15) is 5.82 Å². The second-order valence-corrected chi connectivity index (χ2v) is 3.05. The fraction of sp³-hybridized carbons (Fsp3) is 0. The van der Waals surface area contributed by atoms with Gasteiger partial charge in [-0.25, -0.2) is 4.39 Å². The van der Waals surface area contributed by atoms with E-state index in [-0.39, 0.29) is 5.52 Å². The summed E-state index contributed by atoms with van der Waals surface area (Å²) < 4.78 is 13.1. The Hall–Kier alpha value is -1.35. The predicted molar refractivity (Wildman–Crippen MR) is 48.7 cm³/mol. The van der Waals surface area contributed by atoms with Crippen molar-refractivity contribution in [3.05, 3.63) is 34.7 Å². The Kier molecular flexibility index (Phi) is 1.81. The first-order valence-electron chi connectivity index (χ1n) is 3.64. The van der Waals surface area contributed by atoms with Gasteiger partial charge in [-0.15, -0.1) is 0 Å². The standard InChI is InChI=1S/C9H5ClFNO/c10-6-1-2-7(11)9-8(6)5(4-13)3-12-9/h1-4,12H. The Morgan fingerprint density at radius 2 is 2.23 bits per heavy atom. The molecule has 0 spiro atoms. The van der Waals surface area contributed by atoms with Gasteiger partial charge in [-0.2, -0.15) is 0 Å². The van der Waals surface area contributed by atoms with Crippen LogP contribution in [0.1, 0.15) is 10.4 Å². The van der Waals surface area contributed by atoms with Gasteiger partial charge >= 0.3 is 0 Å². The zero-order valence-corrected chi connectivity index (χ0v) is 7.23. The van der Waals surface area contributed by atoms with Crippen molar-refractivity contribution < 1.29 is 9.18 Å².